The highest BCUT2D eigenvalue weighted by Gasteiger charge is 2.07. The Morgan fingerprint density at radius 2 is 2.12 bits per heavy atom. The maximum absolute atomic E-state index is 13.6. The molecule has 0 aliphatic carbocycles. The summed E-state index contributed by atoms with van der Waals surface area (Å²) >= 11 is 0. The van der Waals surface area contributed by atoms with Crippen molar-refractivity contribution in [3.05, 3.63) is 71.9 Å². The van der Waals surface area contributed by atoms with Crippen LogP contribution in [0.2, 0.25) is 0 Å². The normalized spacial score (nSPS) is 10.6. The predicted molar refractivity (Wildman–Crippen MR) is 93.0 cm³/mol. The molecule has 0 radical (unpaired) electrons. The number of benzene rings is 1. The number of halogens is 1. The van der Waals surface area contributed by atoms with Crippen molar-refractivity contribution < 1.29 is 9.18 Å². The zero-order valence-corrected chi connectivity index (χ0v) is 13.9. The lowest BCUT2D eigenvalue weighted by Gasteiger charge is -2.07. The molecule has 0 atom stereocenters. The van der Waals surface area contributed by atoms with E-state index in [0.29, 0.717) is 18.5 Å². The molecule has 3 rings (SSSR count). The van der Waals surface area contributed by atoms with Crippen LogP contribution in [0.5, 0.6) is 0 Å². The number of hydrogen-bond acceptors (Lipinski definition) is 3. The molecule has 2 aromatic heterocycles. The van der Waals surface area contributed by atoms with E-state index in [1.165, 1.54) is 6.07 Å². The second kappa shape index (κ2) is 7.70. The minimum atomic E-state index is -0.273. The van der Waals surface area contributed by atoms with Crippen molar-refractivity contribution in [2.24, 2.45) is 7.05 Å². The van der Waals surface area contributed by atoms with Gasteiger partial charge in [-0.2, -0.15) is 5.10 Å². The Morgan fingerprint density at radius 1 is 1.28 bits per heavy atom. The molecular weight excluding hydrogens is 319 g/mol. The predicted octanol–water partition coefficient (Wildman–Crippen LogP) is 2.87. The Morgan fingerprint density at radius 3 is 2.88 bits per heavy atom. The molecule has 1 N–H and O–H groups in total. The van der Waals surface area contributed by atoms with Gasteiger partial charge >= 0.3 is 0 Å². The van der Waals surface area contributed by atoms with Gasteiger partial charge in [-0.3, -0.25) is 14.5 Å². The van der Waals surface area contributed by atoms with Crippen molar-refractivity contribution in [3.63, 3.8) is 0 Å². The lowest BCUT2D eigenvalue weighted by atomic mass is 10.1. The summed E-state index contributed by atoms with van der Waals surface area (Å²) in [5, 5.41) is 7.00. The van der Waals surface area contributed by atoms with Crippen LogP contribution in [0.4, 0.5) is 4.39 Å². The van der Waals surface area contributed by atoms with E-state index in [0.717, 1.165) is 16.8 Å². The topological polar surface area (TPSA) is 59.8 Å². The molecule has 6 heteroatoms. The van der Waals surface area contributed by atoms with Crippen LogP contribution in [0.15, 0.2) is 55.0 Å². The Bertz CT molecular complexity index is 875. The molecule has 0 unspecified atom stereocenters. The first kappa shape index (κ1) is 16.8. The molecule has 5 nitrogen and oxygen atoms in total. The largest absolute Gasteiger partial charge is 0.352 e. The molecule has 1 aromatic carbocycles. The smallest absolute Gasteiger partial charge is 0.220 e. The first-order chi connectivity index (χ1) is 12.1. The molecular formula is C19H19FN4O. The summed E-state index contributed by atoms with van der Waals surface area (Å²) in [5.74, 6) is -0.381. The summed E-state index contributed by atoms with van der Waals surface area (Å²) in [6, 6.07) is 10.3. The number of carbonyl (C=O) groups excluding carboxylic acids is 1. The number of rotatable bonds is 6. The van der Waals surface area contributed by atoms with Crippen molar-refractivity contribution in [2.75, 3.05) is 0 Å². The van der Waals surface area contributed by atoms with Crippen LogP contribution in [-0.2, 0) is 24.8 Å². The highest BCUT2D eigenvalue weighted by molar-refractivity contribution is 5.76. The van der Waals surface area contributed by atoms with Crippen molar-refractivity contribution in [1.29, 1.82) is 0 Å². The second-order valence-electron chi connectivity index (χ2n) is 5.82. The standard InChI is InChI=1S/C19H19FN4O/c1-24-13-16(12-23-24)18-10-14(8-9-21-18)11-22-19(25)7-6-15-4-2-3-5-17(15)20/h2-5,8-10,12-13H,6-7,11H2,1H3,(H,22,25). The van der Waals surface area contributed by atoms with Crippen molar-refractivity contribution in [2.45, 2.75) is 19.4 Å². The van der Waals surface area contributed by atoms with Gasteiger partial charge < -0.3 is 5.32 Å². The number of nitrogens with one attached hydrogen (secondary N) is 1. The maximum Gasteiger partial charge on any atom is 0.220 e. The fraction of sp³-hybridized carbons (Fsp3) is 0.211. The number of nitrogens with zero attached hydrogens (tertiary/aromatic N) is 3. The van der Waals surface area contributed by atoms with Gasteiger partial charge in [-0.05, 0) is 35.7 Å². The van der Waals surface area contributed by atoms with E-state index in [1.54, 1.807) is 35.3 Å². The molecule has 0 aliphatic rings. The van der Waals surface area contributed by atoms with Crippen LogP contribution in [-0.4, -0.2) is 20.7 Å². The van der Waals surface area contributed by atoms with Crippen molar-refractivity contribution in [3.8, 4) is 11.3 Å². The molecule has 0 spiro atoms. The fourth-order valence-corrected chi connectivity index (χ4v) is 2.53. The molecule has 1 amide bonds. The average molecular weight is 338 g/mol. The van der Waals surface area contributed by atoms with Crippen LogP contribution in [0.25, 0.3) is 11.3 Å². The van der Waals surface area contributed by atoms with E-state index in [1.807, 2.05) is 25.4 Å². The SMILES string of the molecule is Cn1cc(-c2cc(CNC(=O)CCc3ccccc3F)ccn2)cn1. The number of aromatic nitrogens is 3. The van der Waals surface area contributed by atoms with Crippen LogP contribution in [0, 0.1) is 5.82 Å². The van der Waals surface area contributed by atoms with Gasteiger partial charge in [0, 0.05) is 38.0 Å². The van der Waals surface area contributed by atoms with Gasteiger partial charge in [-0.1, -0.05) is 18.2 Å². The van der Waals surface area contributed by atoms with Gasteiger partial charge in [-0.25, -0.2) is 4.39 Å². The van der Waals surface area contributed by atoms with Gasteiger partial charge in [-0.15, -0.1) is 0 Å². The van der Waals surface area contributed by atoms with Crippen molar-refractivity contribution in [1.82, 2.24) is 20.1 Å². The van der Waals surface area contributed by atoms with E-state index in [2.05, 4.69) is 15.4 Å². The van der Waals surface area contributed by atoms with E-state index in [-0.39, 0.29) is 18.1 Å². The monoisotopic (exact) mass is 338 g/mol. The summed E-state index contributed by atoms with van der Waals surface area (Å²) < 4.78 is 15.3. The molecule has 2 heterocycles. The van der Waals surface area contributed by atoms with Gasteiger partial charge in [0.15, 0.2) is 0 Å². The Hall–Kier alpha value is -3.02. The Balaban J connectivity index is 1.55. The van der Waals surface area contributed by atoms with Crippen molar-refractivity contribution >= 4 is 5.91 Å². The highest BCUT2D eigenvalue weighted by atomic mass is 19.1. The van der Waals surface area contributed by atoms with Gasteiger partial charge in [0.1, 0.15) is 5.82 Å². The van der Waals surface area contributed by atoms with Gasteiger partial charge in [0.05, 0.1) is 11.9 Å². The van der Waals surface area contributed by atoms with Crippen LogP contribution in [0.3, 0.4) is 0 Å². The number of hydrogen-bond donors (Lipinski definition) is 1. The van der Waals surface area contributed by atoms with Crippen LogP contribution >= 0.6 is 0 Å². The van der Waals surface area contributed by atoms with E-state index >= 15 is 0 Å². The quantitative estimate of drug-likeness (QED) is 0.752. The maximum atomic E-state index is 13.6. The average Bonchev–Trinajstić information content (AvgIpc) is 3.06. The second-order valence-corrected chi connectivity index (χ2v) is 5.82. The minimum absolute atomic E-state index is 0.108. The number of amides is 1. The summed E-state index contributed by atoms with van der Waals surface area (Å²) in [7, 11) is 1.85. The Kier molecular flexibility index (Phi) is 5.18. The molecule has 0 saturated carbocycles. The van der Waals surface area contributed by atoms with Crippen LogP contribution < -0.4 is 5.32 Å². The first-order valence-electron chi connectivity index (χ1n) is 8.06. The molecule has 3 aromatic rings. The summed E-state index contributed by atoms with van der Waals surface area (Å²) in [6.07, 6.45) is 5.98. The van der Waals surface area contributed by atoms with E-state index in [9.17, 15) is 9.18 Å². The number of carbonyl (C=O) groups is 1. The highest BCUT2D eigenvalue weighted by Crippen LogP contribution is 2.16. The third-order valence-corrected chi connectivity index (χ3v) is 3.89. The summed E-state index contributed by atoms with van der Waals surface area (Å²) in [4.78, 5) is 16.3. The zero-order valence-electron chi connectivity index (χ0n) is 13.9. The minimum Gasteiger partial charge on any atom is -0.352 e. The van der Waals surface area contributed by atoms with E-state index < -0.39 is 0 Å². The fourth-order valence-electron chi connectivity index (χ4n) is 2.53. The molecule has 25 heavy (non-hydrogen) atoms. The zero-order chi connectivity index (χ0) is 17.6. The Labute approximate surface area is 145 Å². The third kappa shape index (κ3) is 4.50. The molecule has 0 saturated heterocycles. The first-order valence-corrected chi connectivity index (χ1v) is 8.06. The van der Waals surface area contributed by atoms with E-state index in [4.69, 9.17) is 0 Å². The lowest BCUT2D eigenvalue weighted by molar-refractivity contribution is -0.121. The molecule has 128 valence electrons. The molecule has 0 aliphatic heterocycles. The number of pyridine rings is 1. The number of aryl methyl sites for hydroxylation is 2. The lowest BCUT2D eigenvalue weighted by Crippen LogP contribution is -2.23. The molecule has 0 fully saturated rings. The van der Waals surface area contributed by atoms with Gasteiger partial charge in [0.2, 0.25) is 5.91 Å². The summed E-state index contributed by atoms with van der Waals surface area (Å²) in [6.45, 7) is 0.409. The van der Waals surface area contributed by atoms with Crippen LogP contribution in [0.1, 0.15) is 17.5 Å². The third-order valence-electron chi connectivity index (χ3n) is 3.89. The summed E-state index contributed by atoms with van der Waals surface area (Å²) in [5.41, 5.74) is 3.25. The van der Waals surface area contributed by atoms with Gasteiger partial charge in [0.25, 0.3) is 0 Å². The molecule has 0 bridgehead atoms.